The highest BCUT2D eigenvalue weighted by molar-refractivity contribution is 5.53. The van der Waals surface area contributed by atoms with Crippen LogP contribution in [0, 0.1) is 17.1 Å². The highest BCUT2D eigenvalue weighted by Gasteiger charge is 2.16. The van der Waals surface area contributed by atoms with Gasteiger partial charge in [-0.2, -0.15) is 10.4 Å². The third kappa shape index (κ3) is 3.22. The molecule has 23 heavy (non-hydrogen) atoms. The fourth-order valence-electron chi connectivity index (χ4n) is 2.44. The first-order chi connectivity index (χ1) is 11.2. The number of nitriles is 1. The minimum Gasteiger partial charge on any atom is -0.383 e. The standard InChI is InChI=1S/C18H15FN4/c19-15-8-6-13(7-9-15)10-17-16(11-20)18(21)23(22-17)12-14-4-2-1-3-5-14/h1-9H,10,12,21H2. The third-order valence-corrected chi connectivity index (χ3v) is 3.64. The van der Waals surface area contributed by atoms with Gasteiger partial charge in [0.2, 0.25) is 0 Å². The van der Waals surface area contributed by atoms with Crippen LogP contribution in [0.2, 0.25) is 0 Å². The van der Waals surface area contributed by atoms with Crippen LogP contribution < -0.4 is 5.73 Å². The predicted molar refractivity (Wildman–Crippen MR) is 86.1 cm³/mol. The lowest BCUT2D eigenvalue weighted by Crippen LogP contribution is -2.06. The molecule has 0 fully saturated rings. The molecule has 1 aromatic heterocycles. The van der Waals surface area contributed by atoms with E-state index in [-0.39, 0.29) is 5.82 Å². The Morgan fingerprint density at radius 3 is 2.39 bits per heavy atom. The van der Waals surface area contributed by atoms with E-state index in [4.69, 9.17) is 5.73 Å². The van der Waals surface area contributed by atoms with Gasteiger partial charge in [-0.1, -0.05) is 42.5 Å². The summed E-state index contributed by atoms with van der Waals surface area (Å²) in [6, 6.07) is 18.1. The van der Waals surface area contributed by atoms with Gasteiger partial charge >= 0.3 is 0 Å². The second-order valence-electron chi connectivity index (χ2n) is 5.27. The molecule has 0 saturated heterocycles. The average Bonchev–Trinajstić information content (AvgIpc) is 2.85. The van der Waals surface area contributed by atoms with E-state index in [0.717, 1.165) is 11.1 Å². The van der Waals surface area contributed by atoms with Crippen LogP contribution in [-0.4, -0.2) is 9.78 Å². The number of hydrogen-bond acceptors (Lipinski definition) is 3. The lowest BCUT2D eigenvalue weighted by Gasteiger charge is -2.03. The normalized spacial score (nSPS) is 10.4. The Balaban J connectivity index is 1.90. The van der Waals surface area contributed by atoms with Crippen molar-refractivity contribution in [3.8, 4) is 6.07 Å². The van der Waals surface area contributed by atoms with E-state index >= 15 is 0 Å². The number of nitrogens with zero attached hydrogens (tertiary/aromatic N) is 3. The predicted octanol–water partition coefficient (Wildman–Crippen LogP) is 3.12. The average molecular weight is 306 g/mol. The molecule has 2 N–H and O–H groups in total. The van der Waals surface area contributed by atoms with Crippen LogP contribution in [0.1, 0.15) is 22.4 Å². The molecule has 0 radical (unpaired) electrons. The highest BCUT2D eigenvalue weighted by Crippen LogP contribution is 2.20. The second kappa shape index (κ2) is 6.32. The fraction of sp³-hybridized carbons (Fsp3) is 0.111. The van der Waals surface area contributed by atoms with Crippen molar-refractivity contribution < 1.29 is 4.39 Å². The van der Waals surface area contributed by atoms with E-state index in [2.05, 4.69) is 11.2 Å². The topological polar surface area (TPSA) is 67.6 Å². The minimum absolute atomic E-state index is 0.289. The van der Waals surface area contributed by atoms with Gasteiger partial charge in [0.15, 0.2) is 0 Å². The Labute approximate surface area is 133 Å². The molecule has 0 amide bonds. The van der Waals surface area contributed by atoms with Crippen molar-refractivity contribution in [3.63, 3.8) is 0 Å². The second-order valence-corrected chi connectivity index (χ2v) is 5.27. The summed E-state index contributed by atoms with van der Waals surface area (Å²) in [4.78, 5) is 0. The first-order valence-electron chi connectivity index (χ1n) is 7.21. The van der Waals surface area contributed by atoms with Crippen LogP contribution in [-0.2, 0) is 13.0 Å². The Morgan fingerprint density at radius 1 is 1.04 bits per heavy atom. The number of anilines is 1. The van der Waals surface area contributed by atoms with Crippen molar-refractivity contribution in [2.24, 2.45) is 0 Å². The van der Waals surface area contributed by atoms with Crippen LogP contribution in [0.25, 0.3) is 0 Å². The zero-order chi connectivity index (χ0) is 16.2. The molecule has 114 valence electrons. The van der Waals surface area contributed by atoms with Gasteiger partial charge in [-0.3, -0.25) is 0 Å². The summed E-state index contributed by atoms with van der Waals surface area (Å²) < 4.78 is 14.6. The van der Waals surface area contributed by atoms with Crippen molar-refractivity contribution in [1.29, 1.82) is 5.26 Å². The largest absolute Gasteiger partial charge is 0.383 e. The first-order valence-corrected chi connectivity index (χ1v) is 7.21. The molecular weight excluding hydrogens is 291 g/mol. The number of nitrogen functional groups attached to an aromatic ring is 1. The van der Waals surface area contributed by atoms with E-state index in [0.29, 0.717) is 30.0 Å². The molecule has 4 nitrogen and oxygen atoms in total. The van der Waals surface area contributed by atoms with Crippen molar-refractivity contribution in [1.82, 2.24) is 9.78 Å². The number of rotatable bonds is 4. The number of nitrogens with two attached hydrogens (primary N) is 1. The quantitative estimate of drug-likeness (QED) is 0.805. The molecule has 0 unspecified atom stereocenters. The SMILES string of the molecule is N#Cc1c(Cc2ccc(F)cc2)nn(Cc2ccccc2)c1N. The summed E-state index contributed by atoms with van der Waals surface area (Å²) in [6.07, 6.45) is 0.440. The van der Waals surface area contributed by atoms with E-state index in [1.807, 2.05) is 30.3 Å². The van der Waals surface area contributed by atoms with Crippen molar-refractivity contribution in [3.05, 3.63) is 82.8 Å². The highest BCUT2D eigenvalue weighted by atomic mass is 19.1. The molecule has 0 atom stereocenters. The summed E-state index contributed by atoms with van der Waals surface area (Å²) in [6.45, 7) is 0.505. The third-order valence-electron chi connectivity index (χ3n) is 3.64. The zero-order valence-electron chi connectivity index (χ0n) is 12.4. The molecule has 2 aromatic carbocycles. The molecule has 3 rings (SSSR count). The van der Waals surface area contributed by atoms with Gasteiger partial charge in [-0.05, 0) is 23.3 Å². The number of benzene rings is 2. The summed E-state index contributed by atoms with van der Waals surface area (Å²) in [5.74, 6) is 0.0665. The van der Waals surface area contributed by atoms with Gasteiger partial charge in [0, 0.05) is 6.42 Å². The lowest BCUT2D eigenvalue weighted by atomic mass is 10.1. The molecule has 1 heterocycles. The van der Waals surface area contributed by atoms with Crippen molar-refractivity contribution in [2.75, 3.05) is 5.73 Å². The Kier molecular flexibility index (Phi) is 4.07. The molecule has 3 aromatic rings. The molecule has 0 spiro atoms. The van der Waals surface area contributed by atoms with Gasteiger partial charge in [0.25, 0.3) is 0 Å². The number of halogens is 1. The van der Waals surface area contributed by atoms with Gasteiger partial charge in [0.1, 0.15) is 23.3 Å². The van der Waals surface area contributed by atoms with E-state index in [9.17, 15) is 9.65 Å². The molecule has 0 aliphatic rings. The fourth-order valence-corrected chi connectivity index (χ4v) is 2.44. The van der Waals surface area contributed by atoms with Gasteiger partial charge in [0.05, 0.1) is 12.2 Å². The maximum atomic E-state index is 13.0. The summed E-state index contributed by atoms with van der Waals surface area (Å²) in [5.41, 5.74) is 8.98. The maximum absolute atomic E-state index is 13.0. The van der Waals surface area contributed by atoms with Crippen LogP contribution in [0.15, 0.2) is 54.6 Å². The number of aromatic nitrogens is 2. The molecule has 5 heteroatoms. The molecule has 0 aliphatic heterocycles. The molecule has 0 saturated carbocycles. The van der Waals surface area contributed by atoms with Crippen LogP contribution in [0.3, 0.4) is 0 Å². The van der Waals surface area contributed by atoms with Crippen LogP contribution >= 0.6 is 0 Å². The van der Waals surface area contributed by atoms with E-state index in [1.165, 1.54) is 12.1 Å². The molecular formula is C18H15FN4. The maximum Gasteiger partial charge on any atom is 0.140 e. The summed E-state index contributed by atoms with van der Waals surface area (Å²) >= 11 is 0. The van der Waals surface area contributed by atoms with Crippen molar-refractivity contribution in [2.45, 2.75) is 13.0 Å². The Morgan fingerprint density at radius 2 is 1.74 bits per heavy atom. The van der Waals surface area contributed by atoms with Crippen LogP contribution in [0.5, 0.6) is 0 Å². The van der Waals surface area contributed by atoms with Crippen LogP contribution in [0.4, 0.5) is 10.2 Å². The van der Waals surface area contributed by atoms with Crippen molar-refractivity contribution >= 4 is 5.82 Å². The zero-order valence-corrected chi connectivity index (χ0v) is 12.4. The van der Waals surface area contributed by atoms with Gasteiger partial charge < -0.3 is 5.73 Å². The molecule has 0 bridgehead atoms. The van der Waals surface area contributed by atoms with Gasteiger partial charge in [-0.25, -0.2) is 9.07 Å². The number of hydrogen-bond donors (Lipinski definition) is 1. The first kappa shape index (κ1) is 14.8. The molecule has 0 aliphatic carbocycles. The van der Waals surface area contributed by atoms with E-state index < -0.39 is 0 Å². The lowest BCUT2D eigenvalue weighted by molar-refractivity contribution is 0.627. The summed E-state index contributed by atoms with van der Waals surface area (Å²) in [7, 11) is 0. The van der Waals surface area contributed by atoms with Gasteiger partial charge in [-0.15, -0.1) is 0 Å². The monoisotopic (exact) mass is 306 g/mol. The Hall–Kier alpha value is -3.13. The van der Waals surface area contributed by atoms with E-state index in [1.54, 1.807) is 16.8 Å². The smallest absolute Gasteiger partial charge is 0.140 e. The minimum atomic E-state index is -0.289. The Bertz CT molecular complexity index is 845. The summed E-state index contributed by atoms with van der Waals surface area (Å²) in [5, 5.41) is 13.8.